The standard InChI is InChI=1S/C17H14ClF4NO9P2.3C16H36N/c1-29-14-6-4-10(18)8-12(14)16(19)11-5-3-9(17(20,21)22)7-13(11)23(15(16)24)31-34(28,30-2)32-33(25,26)27;3*1-5-9-13-17(14-10-6-2,15-11-7-3)16-12-8-4/h3-8H,1-2H3,(H2,25,26,27);3*5-16H2,1-4H3/q;3*+1/t16-,34?;;;/m0.../s1. The average molecular weight is 1280 g/mol. The molecule has 0 saturated carbocycles. The third-order valence-corrected chi connectivity index (χ3v) is 19.1. The van der Waals surface area contributed by atoms with Crippen molar-refractivity contribution in [1.29, 1.82) is 0 Å². The van der Waals surface area contributed by atoms with Crippen molar-refractivity contribution < 1.29 is 72.9 Å². The maximum Gasteiger partial charge on any atom is 0.505 e. The van der Waals surface area contributed by atoms with Gasteiger partial charge in [-0.1, -0.05) is 178 Å². The molecule has 0 aromatic heterocycles. The fourth-order valence-corrected chi connectivity index (χ4v) is 13.1. The first-order valence-electron chi connectivity index (χ1n) is 33.1. The van der Waals surface area contributed by atoms with Crippen LogP contribution in [-0.2, 0) is 39.2 Å². The first kappa shape index (κ1) is 82.9. The van der Waals surface area contributed by atoms with E-state index in [1.807, 2.05) is 0 Å². The van der Waals surface area contributed by atoms with E-state index in [1.54, 1.807) is 0 Å². The summed E-state index contributed by atoms with van der Waals surface area (Å²) in [6.45, 7) is 45.1. The van der Waals surface area contributed by atoms with Crippen molar-refractivity contribution in [3.05, 3.63) is 58.1 Å². The number of benzene rings is 2. The molecule has 0 radical (unpaired) electrons. The first-order valence-corrected chi connectivity index (χ1v) is 36.4. The number of hydrogen-bond acceptors (Lipinski definition) is 7. The Morgan fingerprint density at radius 2 is 0.812 bits per heavy atom. The number of unbranched alkanes of at least 4 members (excludes halogenated alkanes) is 12. The number of halogens is 5. The largest absolute Gasteiger partial charge is 0.505 e. The number of anilines is 1. The molecule has 2 aromatic rings. The number of ether oxygens (including phenoxy) is 1. The minimum absolute atomic E-state index is 0.0687. The topological polar surface area (TPSA) is 132 Å². The van der Waals surface area contributed by atoms with Crippen LogP contribution in [0, 0.1) is 0 Å². The van der Waals surface area contributed by atoms with E-state index in [1.165, 1.54) is 258 Å². The highest BCUT2D eigenvalue weighted by Crippen LogP contribution is 2.63. The summed E-state index contributed by atoms with van der Waals surface area (Å²) in [6.07, 6.45) is 28.2. The Morgan fingerprint density at radius 3 is 1.06 bits per heavy atom. The van der Waals surface area contributed by atoms with Crippen molar-refractivity contribution >= 4 is 38.8 Å². The van der Waals surface area contributed by atoms with E-state index in [0.717, 1.165) is 13.2 Å². The van der Waals surface area contributed by atoms with Gasteiger partial charge in [0.25, 0.3) is 5.91 Å². The van der Waals surface area contributed by atoms with Gasteiger partial charge in [0.05, 0.1) is 96.9 Å². The molecule has 0 bridgehead atoms. The number of alkyl halides is 4. The Bertz CT molecular complexity index is 1980. The lowest BCUT2D eigenvalue weighted by atomic mass is 9.88. The molecular formula is C65H122ClF4N4O9P2+3. The van der Waals surface area contributed by atoms with Crippen molar-refractivity contribution in [2.75, 3.05) is 97.8 Å². The smallest absolute Gasteiger partial charge is 0.496 e. The normalized spacial score (nSPS) is 15.3. The highest BCUT2D eigenvalue weighted by molar-refractivity contribution is 7.61. The second kappa shape index (κ2) is 44.3. The molecule has 1 heterocycles. The van der Waals surface area contributed by atoms with Crippen LogP contribution in [0.2, 0.25) is 5.02 Å². The van der Waals surface area contributed by atoms with Crippen LogP contribution in [0.25, 0.3) is 0 Å². The van der Waals surface area contributed by atoms with Crippen molar-refractivity contribution in [1.82, 2.24) is 0 Å². The third kappa shape index (κ3) is 30.0. The van der Waals surface area contributed by atoms with Gasteiger partial charge in [0.1, 0.15) is 5.75 Å². The number of hydroxylamine groups is 1. The van der Waals surface area contributed by atoms with Gasteiger partial charge in [0, 0.05) is 23.3 Å². The van der Waals surface area contributed by atoms with Gasteiger partial charge in [0.2, 0.25) is 5.67 Å². The number of phosphoric acid groups is 2. The Morgan fingerprint density at radius 1 is 0.506 bits per heavy atom. The summed E-state index contributed by atoms with van der Waals surface area (Å²) < 4.78 is 102. The summed E-state index contributed by atoms with van der Waals surface area (Å²) in [5.41, 5.74) is -6.78. The van der Waals surface area contributed by atoms with Gasteiger partial charge in [-0.2, -0.15) is 27.2 Å². The van der Waals surface area contributed by atoms with Gasteiger partial charge in [-0.3, -0.25) is 9.32 Å². The van der Waals surface area contributed by atoms with Gasteiger partial charge in [0.15, 0.2) is 0 Å². The summed E-state index contributed by atoms with van der Waals surface area (Å²) in [5.74, 6) is -1.98. The van der Waals surface area contributed by atoms with Gasteiger partial charge in [-0.05, 0) is 107 Å². The molecule has 2 atom stereocenters. The Kier molecular flexibility index (Phi) is 43.2. The summed E-state index contributed by atoms with van der Waals surface area (Å²) in [5, 5.41) is -0.258. The lowest BCUT2D eigenvalue weighted by Crippen LogP contribution is -2.50. The van der Waals surface area contributed by atoms with E-state index in [0.29, 0.717) is 25.3 Å². The molecule has 498 valence electrons. The number of carbonyl (C=O) groups excluding carboxylic acids is 1. The van der Waals surface area contributed by atoms with Gasteiger partial charge in [-0.25, -0.2) is 13.5 Å². The molecule has 0 aliphatic carbocycles. The van der Waals surface area contributed by atoms with Crippen LogP contribution >= 0.6 is 27.2 Å². The number of rotatable bonds is 43. The SMILES string of the molecule is CCCC[N+](CCCC)(CCCC)CCCC.CCCC[N+](CCCC)(CCCC)CCCC.CCCC[N+](CCCC)(CCCC)CCCC.COc1ccc(Cl)cc1[C@]1(F)C(=O)N(OP(=O)(OC)OP(=O)(O)O)c2cc(C(F)(F)F)ccc21. The van der Waals surface area contributed by atoms with Crippen LogP contribution in [0.5, 0.6) is 5.75 Å². The van der Waals surface area contributed by atoms with Crippen LogP contribution < -0.4 is 9.80 Å². The lowest BCUT2D eigenvalue weighted by Gasteiger charge is -2.39. The minimum atomic E-state index is -5.57. The van der Waals surface area contributed by atoms with Crippen molar-refractivity contribution in [3.63, 3.8) is 0 Å². The Labute approximate surface area is 520 Å². The monoisotopic (exact) mass is 1280 g/mol. The number of carbonyl (C=O) groups is 1. The van der Waals surface area contributed by atoms with Crippen LogP contribution in [0.3, 0.4) is 0 Å². The van der Waals surface area contributed by atoms with Crippen molar-refractivity contribution in [2.45, 2.75) is 249 Å². The van der Waals surface area contributed by atoms with E-state index in [2.05, 4.69) is 96.5 Å². The molecule has 0 saturated heterocycles. The highest BCUT2D eigenvalue weighted by Gasteiger charge is 2.58. The predicted octanol–water partition coefficient (Wildman–Crippen LogP) is 19.7. The van der Waals surface area contributed by atoms with E-state index in [-0.39, 0.29) is 15.8 Å². The zero-order valence-corrected chi connectivity index (χ0v) is 58.3. The molecule has 20 heteroatoms. The zero-order chi connectivity index (χ0) is 64.6. The minimum Gasteiger partial charge on any atom is -0.496 e. The molecule has 1 unspecified atom stereocenters. The zero-order valence-electron chi connectivity index (χ0n) is 55.7. The maximum atomic E-state index is 16.5. The van der Waals surface area contributed by atoms with E-state index >= 15 is 4.39 Å². The van der Waals surface area contributed by atoms with Crippen molar-refractivity contribution in [3.8, 4) is 5.75 Å². The first-order chi connectivity index (χ1) is 40.3. The van der Waals surface area contributed by atoms with E-state index in [9.17, 15) is 27.1 Å². The van der Waals surface area contributed by atoms with Crippen molar-refractivity contribution in [2.24, 2.45) is 0 Å². The second-order valence-corrected chi connectivity index (χ2v) is 27.1. The van der Waals surface area contributed by atoms with Gasteiger partial charge >= 0.3 is 21.8 Å². The molecule has 1 aliphatic heterocycles. The molecule has 85 heavy (non-hydrogen) atoms. The van der Waals surface area contributed by atoms with Crippen LogP contribution in [0.4, 0.5) is 23.2 Å². The number of quaternary nitrogens is 3. The van der Waals surface area contributed by atoms with Gasteiger partial charge < -0.3 is 28.0 Å². The Balaban J connectivity index is 0.00000119. The molecule has 0 spiro atoms. The number of amides is 1. The molecule has 3 rings (SSSR count). The van der Waals surface area contributed by atoms with E-state index < -0.39 is 55.8 Å². The molecule has 2 N–H and O–H groups in total. The van der Waals surface area contributed by atoms with Crippen LogP contribution in [0.1, 0.15) is 254 Å². The van der Waals surface area contributed by atoms with Crippen LogP contribution in [0.15, 0.2) is 36.4 Å². The fraction of sp³-hybridized carbons (Fsp3) is 0.800. The molecule has 1 amide bonds. The molecule has 0 fully saturated rings. The summed E-state index contributed by atoms with van der Waals surface area (Å²) >= 11 is 5.91. The molecule has 1 aliphatic rings. The number of nitrogens with zero attached hydrogens (tertiary/aromatic N) is 4. The average Bonchev–Trinajstić information content (AvgIpc) is 1.65. The van der Waals surface area contributed by atoms with E-state index in [4.69, 9.17) is 26.1 Å². The Hall–Kier alpha value is -2.14. The summed E-state index contributed by atoms with van der Waals surface area (Å²) in [4.78, 5) is 31.1. The number of methoxy groups -OCH3 is 1. The second-order valence-electron chi connectivity index (χ2n) is 23.6. The van der Waals surface area contributed by atoms with Crippen LogP contribution in [-0.4, -0.2) is 122 Å². The predicted molar refractivity (Wildman–Crippen MR) is 346 cm³/mol. The fourth-order valence-electron chi connectivity index (χ4n) is 11.1. The lowest BCUT2D eigenvalue weighted by molar-refractivity contribution is -0.929. The number of hydrogen-bond donors (Lipinski definition) is 2. The number of fused-ring (bicyclic) bond motifs is 1. The maximum absolute atomic E-state index is 16.5. The summed E-state index contributed by atoms with van der Waals surface area (Å²) in [6, 6.07) is 4.90. The molecular weight excluding hydrogens is 1150 g/mol. The summed E-state index contributed by atoms with van der Waals surface area (Å²) in [7, 11) is -9.20. The quantitative estimate of drug-likeness (QED) is 0.0378. The molecule has 13 nitrogen and oxygen atoms in total. The molecule has 2 aromatic carbocycles. The van der Waals surface area contributed by atoms with Gasteiger partial charge in [-0.15, -0.1) is 0 Å². The third-order valence-electron chi connectivity index (χ3n) is 16.4. The highest BCUT2D eigenvalue weighted by atomic mass is 35.5.